The van der Waals surface area contributed by atoms with Crippen molar-refractivity contribution in [1.82, 2.24) is 5.32 Å². The molecule has 2 N–H and O–H groups in total. The first-order valence-electron chi connectivity index (χ1n) is 5.21. The van der Waals surface area contributed by atoms with Gasteiger partial charge < -0.3 is 19.6 Å². The molecular weight excluding hydrogens is 194 g/mol. The number of furan rings is 1. The van der Waals surface area contributed by atoms with Gasteiger partial charge in [0.05, 0.1) is 12.9 Å². The summed E-state index contributed by atoms with van der Waals surface area (Å²) in [4.78, 5) is 0. The normalized spacial score (nSPS) is 15.1. The van der Waals surface area contributed by atoms with Crippen molar-refractivity contribution in [3.63, 3.8) is 0 Å². The van der Waals surface area contributed by atoms with E-state index in [1.54, 1.807) is 25.5 Å². The quantitative estimate of drug-likeness (QED) is 0.717. The van der Waals surface area contributed by atoms with Crippen LogP contribution in [0.25, 0.3) is 0 Å². The second kappa shape index (κ2) is 6.61. The van der Waals surface area contributed by atoms with E-state index in [-0.39, 0.29) is 6.04 Å². The van der Waals surface area contributed by atoms with Crippen LogP contribution >= 0.6 is 0 Å². The average Bonchev–Trinajstić information content (AvgIpc) is 2.77. The van der Waals surface area contributed by atoms with Gasteiger partial charge in [0.2, 0.25) is 0 Å². The number of ether oxygens (including phenoxy) is 1. The van der Waals surface area contributed by atoms with E-state index in [1.807, 2.05) is 0 Å². The average molecular weight is 213 g/mol. The van der Waals surface area contributed by atoms with Gasteiger partial charge in [0.1, 0.15) is 11.9 Å². The minimum absolute atomic E-state index is 0.277. The van der Waals surface area contributed by atoms with Gasteiger partial charge in [-0.15, -0.1) is 0 Å². The maximum atomic E-state index is 9.72. The summed E-state index contributed by atoms with van der Waals surface area (Å²) < 4.78 is 10.2. The van der Waals surface area contributed by atoms with Gasteiger partial charge in [0.15, 0.2) is 0 Å². The lowest BCUT2D eigenvalue weighted by Crippen LogP contribution is -2.35. The molecule has 0 spiro atoms. The van der Waals surface area contributed by atoms with Gasteiger partial charge in [-0.1, -0.05) is 6.92 Å². The van der Waals surface area contributed by atoms with E-state index < -0.39 is 6.10 Å². The van der Waals surface area contributed by atoms with E-state index in [4.69, 9.17) is 9.15 Å². The van der Waals surface area contributed by atoms with Crippen LogP contribution in [-0.4, -0.2) is 31.4 Å². The van der Waals surface area contributed by atoms with Crippen molar-refractivity contribution in [2.75, 3.05) is 20.3 Å². The predicted octanol–water partition coefficient (Wildman–Crippen LogP) is 1.33. The van der Waals surface area contributed by atoms with E-state index in [0.29, 0.717) is 18.9 Å². The lowest BCUT2D eigenvalue weighted by Gasteiger charge is -2.17. The van der Waals surface area contributed by atoms with Gasteiger partial charge in [0.25, 0.3) is 0 Å². The lowest BCUT2D eigenvalue weighted by atomic mass is 10.2. The molecule has 1 rings (SSSR count). The number of hydrogen-bond acceptors (Lipinski definition) is 4. The van der Waals surface area contributed by atoms with Crippen LogP contribution in [0.1, 0.15) is 25.2 Å². The summed E-state index contributed by atoms with van der Waals surface area (Å²) in [6.45, 7) is 3.21. The Bertz CT molecular complexity index is 248. The van der Waals surface area contributed by atoms with E-state index >= 15 is 0 Å². The van der Waals surface area contributed by atoms with Crippen molar-refractivity contribution in [1.29, 1.82) is 0 Å². The number of aliphatic hydroxyl groups excluding tert-OH is 1. The smallest absolute Gasteiger partial charge is 0.133 e. The van der Waals surface area contributed by atoms with Crippen molar-refractivity contribution in [2.24, 2.45) is 0 Å². The number of aliphatic hydroxyl groups is 1. The summed E-state index contributed by atoms with van der Waals surface area (Å²) in [6.07, 6.45) is 1.94. The van der Waals surface area contributed by atoms with E-state index in [9.17, 15) is 5.11 Å². The molecule has 0 radical (unpaired) electrons. The Morgan fingerprint density at radius 3 is 2.93 bits per heavy atom. The number of nitrogens with one attached hydrogen (secondary N) is 1. The zero-order chi connectivity index (χ0) is 11.1. The SMILES string of the molecule is CCC(COC)NCC(O)c1ccco1. The van der Waals surface area contributed by atoms with Gasteiger partial charge >= 0.3 is 0 Å². The third-order valence-corrected chi connectivity index (χ3v) is 2.33. The largest absolute Gasteiger partial charge is 0.467 e. The van der Waals surface area contributed by atoms with Gasteiger partial charge in [0, 0.05) is 19.7 Å². The van der Waals surface area contributed by atoms with Crippen LogP contribution in [0, 0.1) is 0 Å². The first-order chi connectivity index (χ1) is 7.27. The zero-order valence-corrected chi connectivity index (χ0v) is 9.27. The molecule has 0 aliphatic carbocycles. The fraction of sp³-hybridized carbons (Fsp3) is 0.636. The highest BCUT2D eigenvalue weighted by Crippen LogP contribution is 2.11. The third kappa shape index (κ3) is 4.03. The molecule has 0 aliphatic heterocycles. The number of hydrogen-bond donors (Lipinski definition) is 2. The minimum Gasteiger partial charge on any atom is -0.467 e. The van der Waals surface area contributed by atoms with Crippen molar-refractivity contribution in [3.05, 3.63) is 24.2 Å². The molecule has 0 saturated heterocycles. The molecule has 0 aromatic carbocycles. The predicted molar refractivity (Wildman–Crippen MR) is 57.6 cm³/mol. The molecule has 1 heterocycles. The van der Waals surface area contributed by atoms with Crippen LogP contribution in [0.4, 0.5) is 0 Å². The van der Waals surface area contributed by atoms with Crippen LogP contribution in [0.3, 0.4) is 0 Å². The Morgan fingerprint density at radius 2 is 2.40 bits per heavy atom. The first-order valence-corrected chi connectivity index (χ1v) is 5.21. The molecule has 0 bridgehead atoms. The van der Waals surface area contributed by atoms with Gasteiger partial charge in [-0.25, -0.2) is 0 Å². The Kier molecular flexibility index (Phi) is 5.39. The molecule has 2 atom stereocenters. The molecule has 15 heavy (non-hydrogen) atoms. The summed E-state index contributed by atoms with van der Waals surface area (Å²) in [5, 5.41) is 12.9. The Balaban J connectivity index is 2.29. The summed E-state index contributed by atoms with van der Waals surface area (Å²) in [5.74, 6) is 0.592. The maximum Gasteiger partial charge on any atom is 0.133 e. The molecule has 1 aromatic rings. The summed E-state index contributed by atoms with van der Waals surface area (Å²) in [6, 6.07) is 3.81. The Hall–Kier alpha value is -0.840. The van der Waals surface area contributed by atoms with Crippen molar-refractivity contribution < 1.29 is 14.3 Å². The highest BCUT2D eigenvalue weighted by atomic mass is 16.5. The van der Waals surface area contributed by atoms with Crippen LogP contribution < -0.4 is 5.32 Å². The highest BCUT2D eigenvalue weighted by molar-refractivity contribution is 5.02. The summed E-state index contributed by atoms with van der Waals surface area (Å²) >= 11 is 0. The third-order valence-electron chi connectivity index (χ3n) is 2.33. The fourth-order valence-electron chi connectivity index (χ4n) is 1.38. The van der Waals surface area contributed by atoms with Crippen LogP contribution in [0.2, 0.25) is 0 Å². The molecule has 0 fully saturated rings. The Morgan fingerprint density at radius 1 is 1.60 bits per heavy atom. The molecular formula is C11H19NO3. The fourth-order valence-corrected chi connectivity index (χ4v) is 1.38. The maximum absolute atomic E-state index is 9.72. The minimum atomic E-state index is -0.592. The van der Waals surface area contributed by atoms with Crippen molar-refractivity contribution in [3.8, 4) is 0 Å². The molecule has 0 saturated carbocycles. The van der Waals surface area contributed by atoms with Gasteiger partial charge in [-0.3, -0.25) is 0 Å². The Labute approximate surface area is 90.2 Å². The van der Waals surface area contributed by atoms with Crippen LogP contribution in [0.5, 0.6) is 0 Å². The van der Waals surface area contributed by atoms with Crippen LogP contribution in [-0.2, 0) is 4.74 Å². The molecule has 2 unspecified atom stereocenters. The lowest BCUT2D eigenvalue weighted by molar-refractivity contribution is 0.124. The summed E-state index contributed by atoms with van der Waals surface area (Å²) in [5.41, 5.74) is 0. The van der Waals surface area contributed by atoms with Crippen molar-refractivity contribution >= 4 is 0 Å². The van der Waals surface area contributed by atoms with Crippen LogP contribution in [0.15, 0.2) is 22.8 Å². The van der Waals surface area contributed by atoms with Gasteiger partial charge in [-0.2, -0.15) is 0 Å². The zero-order valence-electron chi connectivity index (χ0n) is 9.27. The molecule has 0 aliphatic rings. The molecule has 86 valence electrons. The molecule has 0 amide bonds. The molecule has 4 nitrogen and oxygen atoms in total. The standard InChI is InChI=1S/C11H19NO3/c1-3-9(8-14-2)12-7-10(13)11-5-4-6-15-11/h4-6,9-10,12-13H,3,7-8H2,1-2H3. The number of rotatable bonds is 7. The summed E-state index contributed by atoms with van der Waals surface area (Å²) in [7, 11) is 1.67. The topological polar surface area (TPSA) is 54.6 Å². The number of methoxy groups -OCH3 is 1. The highest BCUT2D eigenvalue weighted by Gasteiger charge is 2.12. The second-order valence-corrected chi connectivity index (χ2v) is 3.50. The van der Waals surface area contributed by atoms with Crippen molar-refractivity contribution in [2.45, 2.75) is 25.5 Å². The van der Waals surface area contributed by atoms with Gasteiger partial charge in [-0.05, 0) is 18.6 Å². The van der Waals surface area contributed by atoms with E-state index in [1.165, 1.54) is 0 Å². The van der Waals surface area contributed by atoms with E-state index in [0.717, 1.165) is 6.42 Å². The van der Waals surface area contributed by atoms with E-state index in [2.05, 4.69) is 12.2 Å². The molecule has 1 aromatic heterocycles. The molecule has 4 heteroatoms. The monoisotopic (exact) mass is 213 g/mol. The second-order valence-electron chi connectivity index (χ2n) is 3.50. The first kappa shape index (κ1) is 12.2.